The van der Waals surface area contributed by atoms with Crippen LogP contribution in [0.5, 0.6) is 0 Å². The number of hydrogen-bond acceptors (Lipinski definition) is 3. The first-order valence-electron chi connectivity index (χ1n) is 8.40. The Hall–Kier alpha value is 0.130. The fourth-order valence-electron chi connectivity index (χ4n) is 2.73. The Kier molecular flexibility index (Phi) is 11.7. The van der Waals surface area contributed by atoms with Crippen LogP contribution >= 0.6 is 0 Å². The molecule has 5 heteroatoms. The largest absolute Gasteiger partial charge is 1.00 e. The molecule has 0 aliphatic carbocycles. The monoisotopic (exact) mass is 348 g/mol. The predicted octanol–water partition coefficient (Wildman–Crippen LogP) is 2.08. The number of rotatable bonds is 10. The van der Waals surface area contributed by atoms with E-state index in [9.17, 15) is 13.0 Å². The van der Waals surface area contributed by atoms with Crippen molar-refractivity contribution in [3.8, 4) is 0 Å². The molecule has 2 atom stereocenters. The van der Waals surface area contributed by atoms with Crippen LogP contribution in [0.1, 0.15) is 77.2 Å². The summed E-state index contributed by atoms with van der Waals surface area (Å²) in [6.45, 7) is 6.70. The molecule has 0 aromatic heterocycles. The van der Waals surface area contributed by atoms with Crippen molar-refractivity contribution in [1.82, 2.24) is 0 Å². The van der Waals surface area contributed by atoms with Gasteiger partial charge < -0.3 is 4.55 Å². The van der Waals surface area contributed by atoms with Gasteiger partial charge in [-0.15, -0.1) is 0 Å². The van der Waals surface area contributed by atoms with Crippen LogP contribution in [0.15, 0.2) is 29.2 Å². The summed E-state index contributed by atoms with van der Waals surface area (Å²) in [4.78, 5) is -0.146. The van der Waals surface area contributed by atoms with E-state index in [2.05, 4.69) is 20.8 Å². The quantitative estimate of drug-likeness (QED) is 0.370. The van der Waals surface area contributed by atoms with Crippen LogP contribution in [-0.2, 0) is 10.1 Å². The first-order valence-corrected chi connectivity index (χ1v) is 9.81. The maximum Gasteiger partial charge on any atom is 1.00 e. The summed E-state index contributed by atoms with van der Waals surface area (Å²) in [6.07, 6.45) is 8.84. The molecule has 2 unspecified atom stereocenters. The summed E-state index contributed by atoms with van der Waals surface area (Å²) in [5.74, 6) is 1.13. The molecule has 0 radical (unpaired) electrons. The number of benzene rings is 1. The van der Waals surface area contributed by atoms with E-state index >= 15 is 0 Å². The molecule has 1 rings (SSSR count). The van der Waals surface area contributed by atoms with Crippen molar-refractivity contribution in [3.63, 3.8) is 0 Å². The Labute approximate surface area is 164 Å². The van der Waals surface area contributed by atoms with E-state index in [0.29, 0.717) is 5.92 Å². The second kappa shape index (κ2) is 11.6. The topological polar surface area (TPSA) is 57.2 Å². The molecule has 1 aromatic carbocycles. The average molecular weight is 348 g/mol. The standard InChI is InChI=1S/C18H30O3S.Na/c1-4-5-6-7-8-15(2)9-10-16(3)17-11-13-18(14-12-17)22(19,20)21;/h11-16H,4-10H2,1-3H3,(H,19,20,21);/q;+1/p-1. The van der Waals surface area contributed by atoms with Gasteiger partial charge in [0.15, 0.2) is 0 Å². The van der Waals surface area contributed by atoms with Crippen molar-refractivity contribution < 1.29 is 42.5 Å². The summed E-state index contributed by atoms with van der Waals surface area (Å²) in [5.41, 5.74) is 1.10. The third kappa shape index (κ3) is 9.25. The van der Waals surface area contributed by atoms with Crippen LogP contribution < -0.4 is 29.6 Å². The SMILES string of the molecule is CCCCCCC(C)CCC(C)c1ccc(S(=O)(=O)[O-])cc1.[Na+]. The smallest absolute Gasteiger partial charge is 0.744 e. The molecule has 0 aliphatic heterocycles. The predicted molar refractivity (Wildman–Crippen MR) is 90.0 cm³/mol. The zero-order chi connectivity index (χ0) is 16.6. The van der Waals surface area contributed by atoms with Crippen LogP contribution in [0.2, 0.25) is 0 Å². The van der Waals surface area contributed by atoms with Crippen molar-refractivity contribution >= 4 is 10.1 Å². The molecule has 0 saturated heterocycles. The first-order chi connectivity index (χ1) is 10.3. The van der Waals surface area contributed by atoms with Gasteiger partial charge in [0.05, 0.1) is 4.90 Å². The Morgan fingerprint density at radius 1 is 0.957 bits per heavy atom. The molecule has 0 aliphatic rings. The Morgan fingerprint density at radius 3 is 2.09 bits per heavy atom. The average Bonchev–Trinajstić information content (AvgIpc) is 2.48. The fourth-order valence-corrected chi connectivity index (χ4v) is 3.20. The van der Waals surface area contributed by atoms with Crippen molar-refractivity contribution in [2.45, 2.75) is 76.5 Å². The fraction of sp³-hybridized carbons (Fsp3) is 0.667. The van der Waals surface area contributed by atoms with Crippen LogP contribution in [0, 0.1) is 5.92 Å². The molecule has 0 N–H and O–H groups in total. The van der Waals surface area contributed by atoms with E-state index < -0.39 is 10.1 Å². The van der Waals surface area contributed by atoms with Gasteiger partial charge in [-0.05, 0) is 36.0 Å². The maximum absolute atomic E-state index is 10.9. The second-order valence-electron chi connectivity index (χ2n) is 6.46. The molecule has 23 heavy (non-hydrogen) atoms. The Balaban J connectivity index is 0.00000484. The van der Waals surface area contributed by atoms with Gasteiger partial charge in [0.2, 0.25) is 0 Å². The van der Waals surface area contributed by atoms with Crippen molar-refractivity contribution in [1.29, 1.82) is 0 Å². The summed E-state index contributed by atoms with van der Waals surface area (Å²) in [6, 6.07) is 6.37. The summed E-state index contributed by atoms with van der Waals surface area (Å²) in [7, 11) is -4.34. The van der Waals surface area contributed by atoms with E-state index in [1.54, 1.807) is 12.1 Å². The Morgan fingerprint density at radius 2 is 1.57 bits per heavy atom. The number of unbranched alkanes of at least 4 members (excludes halogenated alkanes) is 3. The first kappa shape index (κ1) is 23.1. The third-order valence-corrected chi connectivity index (χ3v) is 5.23. The normalized spacial score (nSPS) is 14.1. The molecule has 126 valence electrons. The molecule has 1 aromatic rings. The summed E-state index contributed by atoms with van der Waals surface area (Å²) < 4.78 is 32.8. The molecule has 0 amide bonds. The van der Waals surface area contributed by atoms with Gasteiger partial charge >= 0.3 is 29.6 Å². The second-order valence-corrected chi connectivity index (χ2v) is 7.84. The Bertz CT molecular complexity index is 526. The minimum atomic E-state index is -4.34. The van der Waals surface area contributed by atoms with Gasteiger partial charge in [-0.3, -0.25) is 0 Å². The van der Waals surface area contributed by atoms with Crippen LogP contribution in [-0.4, -0.2) is 13.0 Å². The molecular weight excluding hydrogens is 319 g/mol. The number of hydrogen-bond donors (Lipinski definition) is 0. The molecule has 0 heterocycles. The van der Waals surface area contributed by atoms with Crippen molar-refractivity contribution in [2.75, 3.05) is 0 Å². The van der Waals surface area contributed by atoms with Gasteiger partial charge in [0.1, 0.15) is 10.1 Å². The minimum Gasteiger partial charge on any atom is -0.744 e. The zero-order valence-corrected chi connectivity index (χ0v) is 17.9. The molecule has 0 bridgehead atoms. The van der Waals surface area contributed by atoms with E-state index in [-0.39, 0.29) is 34.5 Å². The van der Waals surface area contributed by atoms with Gasteiger partial charge in [0.25, 0.3) is 0 Å². The van der Waals surface area contributed by atoms with Crippen molar-refractivity contribution in [3.05, 3.63) is 29.8 Å². The van der Waals surface area contributed by atoms with Crippen LogP contribution in [0.25, 0.3) is 0 Å². The maximum atomic E-state index is 10.9. The summed E-state index contributed by atoms with van der Waals surface area (Å²) in [5, 5.41) is 0. The zero-order valence-electron chi connectivity index (χ0n) is 15.0. The van der Waals surface area contributed by atoms with E-state index in [4.69, 9.17) is 0 Å². The van der Waals surface area contributed by atoms with Gasteiger partial charge in [-0.2, -0.15) is 0 Å². The molecule has 0 fully saturated rings. The van der Waals surface area contributed by atoms with Gasteiger partial charge in [-0.25, -0.2) is 8.42 Å². The van der Waals surface area contributed by atoms with Crippen LogP contribution in [0.3, 0.4) is 0 Å². The van der Waals surface area contributed by atoms with E-state index in [1.165, 1.54) is 50.7 Å². The van der Waals surface area contributed by atoms with Gasteiger partial charge in [0, 0.05) is 0 Å². The van der Waals surface area contributed by atoms with Gasteiger partial charge in [-0.1, -0.05) is 71.4 Å². The minimum absolute atomic E-state index is 0. The molecule has 0 saturated carbocycles. The molecule has 0 spiro atoms. The van der Waals surface area contributed by atoms with E-state index in [0.717, 1.165) is 17.9 Å². The molecule has 3 nitrogen and oxygen atoms in total. The summed E-state index contributed by atoms with van der Waals surface area (Å²) >= 11 is 0. The molecular formula is C18H29NaO3S. The van der Waals surface area contributed by atoms with E-state index in [1.807, 2.05) is 0 Å². The van der Waals surface area contributed by atoms with Crippen molar-refractivity contribution in [2.24, 2.45) is 5.92 Å². The van der Waals surface area contributed by atoms with Crippen LogP contribution in [0.4, 0.5) is 0 Å². The third-order valence-electron chi connectivity index (χ3n) is 4.38.